The molecule has 4 heteroatoms. The molecule has 0 bridgehead atoms. The zero-order valence-corrected chi connectivity index (χ0v) is 12.2. The lowest BCUT2D eigenvalue weighted by Gasteiger charge is -2.14. The molecule has 0 fully saturated rings. The van der Waals surface area contributed by atoms with Gasteiger partial charge in [-0.2, -0.15) is 0 Å². The summed E-state index contributed by atoms with van der Waals surface area (Å²) in [7, 11) is 0. The van der Waals surface area contributed by atoms with Crippen molar-refractivity contribution < 1.29 is 9.18 Å². The van der Waals surface area contributed by atoms with Crippen molar-refractivity contribution in [1.29, 1.82) is 0 Å². The zero-order chi connectivity index (χ0) is 15.2. The number of carbonyl (C=O) groups excluding carboxylic acids is 1. The Morgan fingerprint density at radius 3 is 2.29 bits per heavy atom. The summed E-state index contributed by atoms with van der Waals surface area (Å²) < 4.78 is 12.9. The molecule has 2 aromatic rings. The second-order valence-corrected chi connectivity index (χ2v) is 5.03. The number of amides is 1. The zero-order valence-electron chi connectivity index (χ0n) is 12.2. The first-order valence-corrected chi connectivity index (χ1v) is 6.90. The summed E-state index contributed by atoms with van der Waals surface area (Å²) in [6.45, 7) is 4.23. The molecule has 2 rings (SSSR count). The molecular formula is C17H19FN2O. The monoisotopic (exact) mass is 286 g/mol. The molecular weight excluding hydrogens is 267 g/mol. The van der Waals surface area contributed by atoms with Gasteiger partial charge in [0.05, 0.1) is 0 Å². The number of benzene rings is 2. The molecule has 0 saturated heterocycles. The van der Waals surface area contributed by atoms with Crippen LogP contribution in [-0.2, 0) is 11.3 Å². The minimum Gasteiger partial charge on any atom is -0.326 e. The van der Waals surface area contributed by atoms with Crippen LogP contribution in [0.2, 0.25) is 0 Å². The maximum atomic E-state index is 12.9. The summed E-state index contributed by atoms with van der Waals surface area (Å²) in [6, 6.07) is 14.3. The highest BCUT2D eigenvalue weighted by molar-refractivity contribution is 5.88. The van der Waals surface area contributed by atoms with Crippen molar-refractivity contribution in [2.75, 3.05) is 5.32 Å². The summed E-state index contributed by atoms with van der Waals surface area (Å²) in [5.74, 6) is -0.301. The van der Waals surface area contributed by atoms with Gasteiger partial charge in [-0.25, -0.2) is 4.39 Å². The van der Waals surface area contributed by atoms with E-state index in [2.05, 4.69) is 10.6 Å². The van der Waals surface area contributed by atoms with Gasteiger partial charge in [-0.05, 0) is 42.3 Å². The molecule has 1 amide bonds. The molecule has 0 aliphatic heterocycles. The maximum Gasteiger partial charge on any atom is 0.221 e. The van der Waals surface area contributed by atoms with Crippen LogP contribution in [0.3, 0.4) is 0 Å². The molecule has 3 nitrogen and oxygen atoms in total. The molecule has 0 aromatic heterocycles. The van der Waals surface area contributed by atoms with Crippen LogP contribution in [0.15, 0.2) is 48.5 Å². The molecule has 1 atom stereocenters. The average Bonchev–Trinajstić information content (AvgIpc) is 2.46. The Labute approximate surface area is 124 Å². The van der Waals surface area contributed by atoms with Crippen LogP contribution in [0.25, 0.3) is 0 Å². The Bertz CT molecular complexity index is 593. The van der Waals surface area contributed by atoms with E-state index in [4.69, 9.17) is 0 Å². The van der Waals surface area contributed by atoms with E-state index in [1.807, 2.05) is 31.2 Å². The predicted octanol–water partition coefficient (Wildman–Crippen LogP) is 3.63. The molecule has 21 heavy (non-hydrogen) atoms. The van der Waals surface area contributed by atoms with Gasteiger partial charge in [0.25, 0.3) is 0 Å². The summed E-state index contributed by atoms with van der Waals surface area (Å²) in [5.41, 5.74) is 2.96. The Hall–Kier alpha value is -2.20. The van der Waals surface area contributed by atoms with Gasteiger partial charge >= 0.3 is 0 Å². The fourth-order valence-corrected chi connectivity index (χ4v) is 2.05. The summed E-state index contributed by atoms with van der Waals surface area (Å²) >= 11 is 0. The lowest BCUT2D eigenvalue weighted by molar-refractivity contribution is -0.114. The van der Waals surface area contributed by atoms with Crippen molar-refractivity contribution in [3.63, 3.8) is 0 Å². The molecule has 0 aliphatic carbocycles. The third-order valence-electron chi connectivity index (χ3n) is 3.26. The maximum absolute atomic E-state index is 12.9. The molecule has 0 radical (unpaired) electrons. The molecule has 0 aliphatic rings. The second kappa shape index (κ2) is 6.99. The fourth-order valence-electron chi connectivity index (χ4n) is 2.05. The highest BCUT2D eigenvalue weighted by Crippen LogP contribution is 2.15. The Morgan fingerprint density at radius 2 is 1.71 bits per heavy atom. The Balaban J connectivity index is 1.90. The molecule has 0 heterocycles. The van der Waals surface area contributed by atoms with Crippen molar-refractivity contribution in [3.8, 4) is 0 Å². The minimum absolute atomic E-state index is 0.0780. The number of anilines is 1. The highest BCUT2D eigenvalue weighted by Gasteiger charge is 2.05. The van der Waals surface area contributed by atoms with Gasteiger partial charge in [-0.3, -0.25) is 4.79 Å². The molecule has 0 saturated carbocycles. The Kier molecular flexibility index (Phi) is 5.06. The number of rotatable bonds is 5. The summed E-state index contributed by atoms with van der Waals surface area (Å²) in [5, 5.41) is 6.12. The second-order valence-electron chi connectivity index (χ2n) is 5.03. The van der Waals surface area contributed by atoms with E-state index in [0.717, 1.165) is 16.8 Å². The largest absolute Gasteiger partial charge is 0.326 e. The quantitative estimate of drug-likeness (QED) is 0.881. The van der Waals surface area contributed by atoms with Crippen LogP contribution in [0.4, 0.5) is 10.1 Å². The average molecular weight is 286 g/mol. The number of hydrogen-bond acceptors (Lipinski definition) is 2. The fraction of sp³-hybridized carbons (Fsp3) is 0.235. The standard InChI is InChI=1S/C17H19FN2O/c1-12(15-5-7-16(18)8-6-15)19-11-14-3-9-17(10-4-14)20-13(2)21/h3-10,12,19H,11H2,1-2H3,(H,20,21)/t12-/m0/s1. The molecule has 0 spiro atoms. The Morgan fingerprint density at radius 1 is 1.10 bits per heavy atom. The lowest BCUT2D eigenvalue weighted by atomic mass is 10.1. The van der Waals surface area contributed by atoms with Crippen LogP contribution in [-0.4, -0.2) is 5.91 Å². The van der Waals surface area contributed by atoms with Crippen LogP contribution < -0.4 is 10.6 Å². The van der Waals surface area contributed by atoms with E-state index in [1.54, 1.807) is 12.1 Å². The third-order valence-corrected chi connectivity index (χ3v) is 3.26. The minimum atomic E-state index is -0.223. The van der Waals surface area contributed by atoms with Crippen molar-refractivity contribution in [3.05, 3.63) is 65.5 Å². The van der Waals surface area contributed by atoms with Crippen LogP contribution in [0.1, 0.15) is 31.0 Å². The van der Waals surface area contributed by atoms with Gasteiger partial charge in [0.1, 0.15) is 5.82 Å². The third kappa shape index (κ3) is 4.68. The first-order valence-electron chi connectivity index (χ1n) is 6.90. The molecule has 110 valence electrons. The van der Waals surface area contributed by atoms with Gasteiger partial charge in [-0.1, -0.05) is 24.3 Å². The number of carbonyl (C=O) groups is 1. The number of halogens is 1. The van der Waals surface area contributed by atoms with Crippen molar-refractivity contribution >= 4 is 11.6 Å². The van der Waals surface area contributed by atoms with Gasteiger partial charge in [0, 0.05) is 25.2 Å². The lowest BCUT2D eigenvalue weighted by Crippen LogP contribution is -2.18. The van der Waals surface area contributed by atoms with E-state index in [0.29, 0.717) is 6.54 Å². The number of nitrogens with one attached hydrogen (secondary N) is 2. The number of hydrogen-bond donors (Lipinski definition) is 2. The highest BCUT2D eigenvalue weighted by atomic mass is 19.1. The van der Waals surface area contributed by atoms with Crippen LogP contribution >= 0.6 is 0 Å². The van der Waals surface area contributed by atoms with E-state index in [-0.39, 0.29) is 17.8 Å². The topological polar surface area (TPSA) is 41.1 Å². The van der Waals surface area contributed by atoms with Gasteiger partial charge < -0.3 is 10.6 Å². The van der Waals surface area contributed by atoms with E-state index in [1.165, 1.54) is 19.1 Å². The van der Waals surface area contributed by atoms with Gasteiger partial charge in [0.2, 0.25) is 5.91 Å². The summed E-state index contributed by atoms with van der Waals surface area (Å²) in [4.78, 5) is 10.9. The molecule has 2 N–H and O–H groups in total. The normalized spacial score (nSPS) is 12.0. The molecule has 0 unspecified atom stereocenters. The van der Waals surface area contributed by atoms with Crippen molar-refractivity contribution in [1.82, 2.24) is 5.32 Å². The SMILES string of the molecule is CC(=O)Nc1ccc(CN[C@@H](C)c2ccc(F)cc2)cc1. The van der Waals surface area contributed by atoms with E-state index < -0.39 is 0 Å². The predicted molar refractivity (Wildman–Crippen MR) is 82.4 cm³/mol. The van der Waals surface area contributed by atoms with Gasteiger partial charge in [-0.15, -0.1) is 0 Å². The molecule has 2 aromatic carbocycles. The van der Waals surface area contributed by atoms with Crippen molar-refractivity contribution in [2.24, 2.45) is 0 Å². The van der Waals surface area contributed by atoms with Gasteiger partial charge in [0.15, 0.2) is 0 Å². The first-order chi connectivity index (χ1) is 10.0. The van der Waals surface area contributed by atoms with Crippen LogP contribution in [0, 0.1) is 5.82 Å². The van der Waals surface area contributed by atoms with E-state index in [9.17, 15) is 9.18 Å². The smallest absolute Gasteiger partial charge is 0.221 e. The summed E-state index contributed by atoms with van der Waals surface area (Å²) in [6.07, 6.45) is 0. The van der Waals surface area contributed by atoms with E-state index >= 15 is 0 Å². The van der Waals surface area contributed by atoms with Crippen molar-refractivity contribution in [2.45, 2.75) is 26.4 Å². The van der Waals surface area contributed by atoms with Crippen LogP contribution in [0.5, 0.6) is 0 Å². The first kappa shape index (κ1) is 15.2.